The van der Waals surface area contributed by atoms with Gasteiger partial charge in [-0.3, -0.25) is 4.90 Å². The molecule has 0 amide bonds. The minimum absolute atomic E-state index is 0.220. The van der Waals surface area contributed by atoms with Gasteiger partial charge in [0.1, 0.15) is 0 Å². The van der Waals surface area contributed by atoms with Crippen LogP contribution in [0.1, 0.15) is 67.7 Å². The molecule has 1 heterocycles. The van der Waals surface area contributed by atoms with Crippen molar-refractivity contribution in [2.24, 2.45) is 11.3 Å². The Labute approximate surface area is 121 Å². The first-order valence-electron chi connectivity index (χ1n) is 8.10. The zero-order valence-electron chi connectivity index (χ0n) is 14.3. The Morgan fingerprint density at radius 3 is 2.26 bits per heavy atom. The molecule has 2 nitrogen and oxygen atoms in total. The van der Waals surface area contributed by atoms with Crippen molar-refractivity contribution in [3.05, 3.63) is 0 Å². The Kier molecular flexibility index (Phi) is 5.88. The van der Waals surface area contributed by atoms with Crippen LogP contribution in [0, 0.1) is 11.3 Å². The van der Waals surface area contributed by atoms with Gasteiger partial charge in [0.2, 0.25) is 0 Å². The molecule has 114 valence electrons. The quantitative estimate of drug-likeness (QED) is 0.831. The number of rotatable bonds is 4. The summed E-state index contributed by atoms with van der Waals surface area (Å²) in [4.78, 5) is 2.73. The van der Waals surface area contributed by atoms with Crippen molar-refractivity contribution < 1.29 is 0 Å². The summed E-state index contributed by atoms with van der Waals surface area (Å²) in [6, 6.07) is 0.674. The number of hydrogen-bond donors (Lipinski definition) is 1. The summed E-state index contributed by atoms with van der Waals surface area (Å²) in [5, 5.41) is 3.70. The van der Waals surface area contributed by atoms with Crippen LogP contribution in [0.15, 0.2) is 0 Å². The molecule has 0 spiro atoms. The van der Waals surface area contributed by atoms with Crippen molar-refractivity contribution in [1.29, 1.82) is 0 Å². The highest BCUT2D eigenvalue weighted by Crippen LogP contribution is 2.31. The average Bonchev–Trinajstić information content (AvgIpc) is 2.38. The molecule has 0 radical (unpaired) electrons. The number of likely N-dealkylation sites (tertiary alicyclic amines) is 1. The van der Waals surface area contributed by atoms with Gasteiger partial charge in [-0.05, 0) is 64.5 Å². The summed E-state index contributed by atoms with van der Waals surface area (Å²) in [7, 11) is 0. The fourth-order valence-corrected chi connectivity index (χ4v) is 2.97. The van der Waals surface area contributed by atoms with Crippen LogP contribution in [0.25, 0.3) is 0 Å². The van der Waals surface area contributed by atoms with E-state index in [2.05, 4.69) is 58.7 Å². The Morgan fingerprint density at radius 1 is 1.11 bits per heavy atom. The van der Waals surface area contributed by atoms with Crippen molar-refractivity contribution in [2.45, 2.75) is 79.3 Å². The molecule has 0 aromatic rings. The number of nitrogens with zero attached hydrogens (tertiary/aromatic N) is 1. The van der Waals surface area contributed by atoms with Crippen molar-refractivity contribution in [3.8, 4) is 0 Å². The van der Waals surface area contributed by atoms with Crippen LogP contribution < -0.4 is 5.32 Å². The maximum absolute atomic E-state index is 3.70. The second-order valence-corrected chi connectivity index (χ2v) is 8.50. The lowest BCUT2D eigenvalue weighted by Gasteiger charge is -2.36. The summed E-state index contributed by atoms with van der Waals surface area (Å²) >= 11 is 0. The Hall–Kier alpha value is -0.0800. The molecule has 0 aliphatic carbocycles. The van der Waals surface area contributed by atoms with Crippen LogP contribution in [-0.2, 0) is 0 Å². The third-order valence-electron chi connectivity index (χ3n) is 4.45. The average molecular weight is 268 g/mol. The first-order valence-corrected chi connectivity index (χ1v) is 8.10. The van der Waals surface area contributed by atoms with Gasteiger partial charge < -0.3 is 5.32 Å². The Bertz CT molecular complexity index is 263. The molecule has 0 aromatic carbocycles. The predicted octanol–water partition coefficient (Wildman–Crippen LogP) is 3.91. The maximum Gasteiger partial charge on any atom is 0.0243 e. The molecule has 19 heavy (non-hydrogen) atoms. The van der Waals surface area contributed by atoms with Gasteiger partial charge in [0.05, 0.1) is 0 Å². The number of hydrogen-bond acceptors (Lipinski definition) is 2. The van der Waals surface area contributed by atoms with Gasteiger partial charge >= 0.3 is 0 Å². The van der Waals surface area contributed by atoms with Crippen LogP contribution in [0.2, 0.25) is 0 Å². The SMILES string of the molecule is CC(C)C(CNC(C)(C)C)N1CCCC(C)(C)CC1. The van der Waals surface area contributed by atoms with Crippen LogP contribution in [-0.4, -0.2) is 36.1 Å². The zero-order chi connectivity index (χ0) is 14.7. The van der Waals surface area contributed by atoms with E-state index in [9.17, 15) is 0 Å². The first-order chi connectivity index (χ1) is 8.61. The minimum Gasteiger partial charge on any atom is -0.311 e. The van der Waals surface area contributed by atoms with E-state index in [0.717, 1.165) is 12.5 Å². The van der Waals surface area contributed by atoms with Gasteiger partial charge in [0, 0.05) is 18.1 Å². The highest BCUT2D eigenvalue weighted by molar-refractivity contribution is 4.85. The highest BCUT2D eigenvalue weighted by Gasteiger charge is 2.28. The molecule has 0 aromatic heterocycles. The third-order valence-corrected chi connectivity index (χ3v) is 4.45. The van der Waals surface area contributed by atoms with Crippen LogP contribution in [0.5, 0.6) is 0 Å². The van der Waals surface area contributed by atoms with Crippen molar-refractivity contribution in [2.75, 3.05) is 19.6 Å². The number of nitrogens with one attached hydrogen (secondary N) is 1. The van der Waals surface area contributed by atoms with Crippen molar-refractivity contribution in [3.63, 3.8) is 0 Å². The van der Waals surface area contributed by atoms with Crippen LogP contribution in [0.3, 0.4) is 0 Å². The maximum atomic E-state index is 3.70. The molecule has 1 fully saturated rings. The van der Waals surface area contributed by atoms with E-state index in [-0.39, 0.29) is 5.54 Å². The second-order valence-electron chi connectivity index (χ2n) is 8.50. The molecule has 1 rings (SSSR count). The van der Waals surface area contributed by atoms with Gasteiger partial charge in [-0.2, -0.15) is 0 Å². The van der Waals surface area contributed by atoms with Gasteiger partial charge in [-0.15, -0.1) is 0 Å². The van der Waals surface area contributed by atoms with Crippen molar-refractivity contribution >= 4 is 0 Å². The fraction of sp³-hybridized carbons (Fsp3) is 1.00. The van der Waals surface area contributed by atoms with Crippen molar-refractivity contribution in [1.82, 2.24) is 10.2 Å². The molecule has 1 saturated heterocycles. The molecule has 1 unspecified atom stereocenters. The molecule has 0 bridgehead atoms. The van der Waals surface area contributed by atoms with Gasteiger partial charge in [0.15, 0.2) is 0 Å². The van der Waals surface area contributed by atoms with Gasteiger partial charge in [0.25, 0.3) is 0 Å². The van der Waals surface area contributed by atoms with Crippen LogP contribution in [0.4, 0.5) is 0 Å². The predicted molar refractivity (Wildman–Crippen MR) is 85.6 cm³/mol. The summed E-state index contributed by atoms with van der Waals surface area (Å²) in [6.45, 7) is 20.0. The minimum atomic E-state index is 0.220. The van der Waals surface area contributed by atoms with Gasteiger partial charge in [-0.25, -0.2) is 0 Å². The molecular formula is C17H36N2. The smallest absolute Gasteiger partial charge is 0.0243 e. The lowest BCUT2D eigenvalue weighted by molar-refractivity contribution is 0.144. The molecular weight excluding hydrogens is 232 g/mol. The lowest BCUT2D eigenvalue weighted by atomic mass is 9.85. The fourth-order valence-electron chi connectivity index (χ4n) is 2.97. The van der Waals surface area contributed by atoms with E-state index in [1.165, 1.54) is 32.4 Å². The summed E-state index contributed by atoms with van der Waals surface area (Å²) in [5.74, 6) is 0.719. The topological polar surface area (TPSA) is 15.3 Å². The normalized spacial score (nSPS) is 23.4. The second kappa shape index (κ2) is 6.58. The molecule has 1 aliphatic heterocycles. The van der Waals surface area contributed by atoms with Gasteiger partial charge in [-0.1, -0.05) is 27.7 Å². The summed E-state index contributed by atoms with van der Waals surface area (Å²) < 4.78 is 0. The zero-order valence-corrected chi connectivity index (χ0v) is 14.3. The Morgan fingerprint density at radius 2 is 1.74 bits per heavy atom. The van der Waals surface area contributed by atoms with E-state index in [1.807, 2.05) is 0 Å². The van der Waals surface area contributed by atoms with Crippen LogP contribution >= 0.6 is 0 Å². The van der Waals surface area contributed by atoms with E-state index in [4.69, 9.17) is 0 Å². The molecule has 1 aliphatic rings. The molecule has 0 saturated carbocycles. The van der Waals surface area contributed by atoms with E-state index in [0.29, 0.717) is 11.5 Å². The molecule has 1 N–H and O–H groups in total. The standard InChI is InChI=1S/C17H36N2/c1-14(2)15(13-18-16(3,4)5)19-11-8-9-17(6,7)10-12-19/h14-15,18H,8-13H2,1-7H3. The Balaban J connectivity index is 2.61. The largest absolute Gasteiger partial charge is 0.311 e. The molecule has 1 atom stereocenters. The van der Waals surface area contributed by atoms with E-state index in [1.54, 1.807) is 0 Å². The highest BCUT2D eigenvalue weighted by atomic mass is 15.2. The summed E-state index contributed by atoms with van der Waals surface area (Å²) in [5.41, 5.74) is 0.756. The third kappa shape index (κ3) is 6.27. The summed E-state index contributed by atoms with van der Waals surface area (Å²) in [6.07, 6.45) is 4.07. The van der Waals surface area contributed by atoms with E-state index >= 15 is 0 Å². The monoisotopic (exact) mass is 268 g/mol. The first kappa shape index (κ1) is 17.0. The lowest BCUT2D eigenvalue weighted by Crippen LogP contribution is -2.50. The molecule has 2 heteroatoms. The van der Waals surface area contributed by atoms with E-state index < -0.39 is 0 Å².